The number of amides is 1. The van der Waals surface area contributed by atoms with Crippen molar-refractivity contribution in [2.45, 2.75) is 57.2 Å². The van der Waals surface area contributed by atoms with Gasteiger partial charge in [-0.2, -0.15) is 5.26 Å². The van der Waals surface area contributed by atoms with Crippen LogP contribution in [0.15, 0.2) is 43.2 Å². The summed E-state index contributed by atoms with van der Waals surface area (Å²) in [7, 11) is 2.05. The predicted octanol–water partition coefficient (Wildman–Crippen LogP) is 6.60. The fraction of sp³-hybridized carbons (Fsp3) is 0.394. The van der Waals surface area contributed by atoms with E-state index in [0.29, 0.717) is 48.0 Å². The molecule has 0 N–H and O–H groups in total. The van der Waals surface area contributed by atoms with E-state index in [2.05, 4.69) is 29.6 Å². The minimum Gasteiger partial charge on any atom is -0.474 e. The molecule has 2 aliphatic heterocycles. The molecule has 2 aromatic heterocycles. The van der Waals surface area contributed by atoms with Crippen LogP contribution in [0.4, 0.5) is 8.78 Å². The number of rotatable bonds is 7. The summed E-state index contributed by atoms with van der Waals surface area (Å²) in [5.41, 5.74) is 1.83. The molecule has 2 unspecified atom stereocenters. The standard InChI is InChI=1S/C33H33ClF2N6O2/c1-4-27(43)41-14-11-21(15-20(41)10-12-37)42-18-38-31-32(42)24-16-25(34)28(23-8-5-9-26(35)19(23)2)29(36)30(24)39-33(31)44-17-22-7-6-13-40(22)3/h4-5,8-9,16,18,20-22H,1,6-7,10-11,13-15,17H2,2-3H3/t20?,21?,22-/m0/s1. The van der Waals surface area contributed by atoms with Crippen LogP contribution in [0.5, 0.6) is 5.88 Å². The van der Waals surface area contributed by atoms with Crippen molar-refractivity contribution in [2.75, 3.05) is 26.7 Å². The SMILES string of the molecule is C=CC(=O)N1CCC(n2cnc3c(OC[C@@H]4CCCN4C)nc4c(F)c(-c5cccc(F)c5C)c(Cl)cc4c32)CC1CC#N. The second kappa shape index (κ2) is 12.1. The number of aromatic nitrogens is 3. The van der Waals surface area contributed by atoms with Crippen LogP contribution >= 0.6 is 11.6 Å². The van der Waals surface area contributed by atoms with Crippen molar-refractivity contribution in [3.05, 3.63) is 65.5 Å². The highest BCUT2D eigenvalue weighted by Gasteiger charge is 2.33. The van der Waals surface area contributed by atoms with Gasteiger partial charge in [-0.05, 0) is 75.5 Å². The van der Waals surface area contributed by atoms with Crippen molar-refractivity contribution >= 4 is 39.4 Å². The van der Waals surface area contributed by atoms with Crippen LogP contribution in [0.1, 0.15) is 43.7 Å². The smallest absolute Gasteiger partial charge is 0.246 e. The Bertz CT molecular complexity index is 1820. The lowest BCUT2D eigenvalue weighted by atomic mass is 9.94. The normalized spacial score (nSPS) is 20.7. The van der Waals surface area contributed by atoms with Crippen molar-refractivity contribution in [3.8, 4) is 23.1 Å². The number of carbonyl (C=O) groups excluding carboxylic acids is 1. The lowest BCUT2D eigenvalue weighted by Crippen LogP contribution is -2.45. The van der Waals surface area contributed by atoms with Gasteiger partial charge in [0, 0.05) is 35.6 Å². The molecule has 2 aromatic carbocycles. The van der Waals surface area contributed by atoms with Crippen molar-refractivity contribution < 1.29 is 18.3 Å². The van der Waals surface area contributed by atoms with Crippen LogP contribution in [0.3, 0.4) is 0 Å². The molecule has 0 aliphatic carbocycles. The van der Waals surface area contributed by atoms with Crippen LogP contribution in [0.2, 0.25) is 5.02 Å². The highest BCUT2D eigenvalue weighted by molar-refractivity contribution is 6.34. The molecular weight excluding hydrogens is 586 g/mol. The number of hydrogen-bond acceptors (Lipinski definition) is 6. The van der Waals surface area contributed by atoms with Gasteiger partial charge in [0.25, 0.3) is 0 Å². The molecule has 3 atom stereocenters. The van der Waals surface area contributed by atoms with Crippen LogP contribution in [0.25, 0.3) is 33.1 Å². The van der Waals surface area contributed by atoms with Gasteiger partial charge in [0.05, 0.1) is 29.4 Å². The van der Waals surface area contributed by atoms with E-state index < -0.39 is 11.6 Å². The van der Waals surface area contributed by atoms with Crippen molar-refractivity contribution in [1.82, 2.24) is 24.3 Å². The fourth-order valence-corrected chi connectivity index (χ4v) is 6.99. The molecule has 0 saturated carbocycles. The number of hydrogen-bond donors (Lipinski definition) is 0. The Hall–Kier alpha value is -4.07. The lowest BCUT2D eigenvalue weighted by molar-refractivity contribution is -0.130. The van der Waals surface area contributed by atoms with E-state index in [1.54, 1.807) is 30.3 Å². The quantitative estimate of drug-likeness (QED) is 0.217. The second-order valence-corrected chi connectivity index (χ2v) is 12.0. The monoisotopic (exact) mass is 618 g/mol. The van der Waals surface area contributed by atoms with Gasteiger partial charge in [0.1, 0.15) is 17.9 Å². The number of fused-ring (bicyclic) bond motifs is 3. The summed E-state index contributed by atoms with van der Waals surface area (Å²) in [4.78, 5) is 25.8. The summed E-state index contributed by atoms with van der Waals surface area (Å²) in [6.07, 6.45) is 6.28. The third kappa shape index (κ3) is 5.18. The largest absolute Gasteiger partial charge is 0.474 e. The molecule has 2 fully saturated rings. The Morgan fingerprint density at radius 3 is 2.80 bits per heavy atom. The third-order valence-corrected chi connectivity index (χ3v) is 9.44. The molecule has 4 aromatic rings. The van der Waals surface area contributed by atoms with E-state index in [0.717, 1.165) is 19.4 Å². The Labute approximate surface area is 259 Å². The number of carbonyl (C=O) groups is 1. The molecule has 228 valence electrons. The number of likely N-dealkylation sites (tertiary alicyclic amines) is 2. The first-order chi connectivity index (χ1) is 21.2. The number of nitriles is 1. The zero-order valence-corrected chi connectivity index (χ0v) is 25.4. The highest BCUT2D eigenvalue weighted by Crippen LogP contribution is 2.42. The first-order valence-corrected chi connectivity index (χ1v) is 15.2. The van der Waals surface area contributed by atoms with Gasteiger partial charge in [0.2, 0.25) is 11.8 Å². The molecule has 0 radical (unpaired) electrons. The summed E-state index contributed by atoms with van der Waals surface area (Å²) in [6, 6.07) is 8.09. The molecular formula is C33H33ClF2N6O2. The average Bonchev–Trinajstić information content (AvgIpc) is 3.65. The van der Waals surface area contributed by atoms with Crippen molar-refractivity contribution in [3.63, 3.8) is 0 Å². The Balaban J connectivity index is 1.52. The van der Waals surface area contributed by atoms with E-state index in [-0.39, 0.29) is 58.0 Å². The van der Waals surface area contributed by atoms with E-state index in [1.807, 2.05) is 4.57 Å². The Morgan fingerprint density at radius 1 is 1.25 bits per heavy atom. The molecule has 2 saturated heterocycles. The first kappa shape index (κ1) is 30.0. The number of nitrogens with zero attached hydrogens (tertiary/aromatic N) is 6. The van der Waals surface area contributed by atoms with Gasteiger partial charge in [-0.3, -0.25) is 4.79 Å². The fourth-order valence-electron chi connectivity index (χ4n) is 6.69. The minimum absolute atomic E-state index is 0.0462. The second-order valence-electron chi connectivity index (χ2n) is 11.6. The van der Waals surface area contributed by atoms with Gasteiger partial charge in [-0.15, -0.1) is 0 Å². The Morgan fingerprint density at radius 2 is 2.07 bits per heavy atom. The summed E-state index contributed by atoms with van der Waals surface area (Å²) < 4.78 is 39.4. The lowest BCUT2D eigenvalue weighted by Gasteiger charge is -2.38. The molecule has 2 aliphatic rings. The highest BCUT2D eigenvalue weighted by atomic mass is 35.5. The molecule has 8 nitrogen and oxygen atoms in total. The van der Waals surface area contributed by atoms with Gasteiger partial charge >= 0.3 is 0 Å². The van der Waals surface area contributed by atoms with Crippen LogP contribution in [0, 0.1) is 29.9 Å². The summed E-state index contributed by atoms with van der Waals surface area (Å²) in [5.74, 6) is -1.14. The zero-order valence-electron chi connectivity index (χ0n) is 24.7. The maximum absolute atomic E-state index is 16.6. The summed E-state index contributed by atoms with van der Waals surface area (Å²) in [5, 5.41) is 10.1. The van der Waals surface area contributed by atoms with Gasteiger partial charge in [-0.1, -0.05) is 30.3 Å². The van der Waals surface area contributed by atoms with Crippen LogP contribution in [-0.4, -0.2) is 69.1 Å². The first-order valence-electron chi connectivity index (χ1n) is 14.8. The van der Waals surface area contributed by atoms with Gasteiger partial charge in [0.15, 0.2) is 11.3 Å². The molecule has 6 rings (SSSR count). The number of pyridine rings is 1. The molecule has 11 heteroatoms. The number of likely N-dealkylation sites (N-methyl/N-ethyl adjacent to an activating group) is 1. The van der Waals surface area contributed by atoms with Crippen molar-refractivity contribution in [2.24, 2.45) is 0 Å². The van der Waals surface area contributed by atoms with E-state index in [1.165, 1.54) is 18.2 Å². The van der Waals surface area contributed by atoms with E-state index in [9.17, 15) is 14.4 Å². The predicted molar refractivity (Wildman–Crippen MR) is 165 cm³/mol. The van der Waals surface area contributed by atoms with Gasteiger partial charge < -0.3 is 19.1 Å². The maximum Gasteiger partial charge on any atom is 0.246 e. The minimum atomic E-state index is -0.674. The summed E-state index contributed by atoms with van der Waals surface area (Å²) >= 11 is 6.76. The third-order valence-electron chi connectivity index (χ3n) is 9.14. The van der Waals surface area contributed by atoms with Crippen molar-refractivity contribution in [1.29, 1.82) is 5.26 Å². The summed E-state index contributed by atoms with van der Waals surface area (Å²) in [6.45, 7) is 6.97. The zero-order chi connectivity index (χ0) is 31.1. The molecule has 4 heterocycles. The van der Waals surface area contributed by atoms with Crippen LogP contribution in [-0.2, 0) is 4.79 Å². The topological polar surface area (TPSA) is 87.3 Å². The number of piperidine rings is 1. The van der Waals surface area contributed by atoms with Crippen LogP contribution < -0.4 is 4.74 Å². The molecule has 0 bridgehead atoms. The number of ether oxygens (including phenoxy) is 1. The number of halogens is 3. The number of imidazole rings is 1. The Kier molecular flexibility index (Phi) is 8.27. The molecule has 1 amide bonds. The molecule has 44 heavy (non-hydrogen) atoms. The van der Waals surface area contributed by atoms with E-state index >= 15 is 4.39 Å². The maximum atomic E-state index is 16.6. The average molecular weight is 619 g/mol. The van der Waals surface area contributed by atoms with E-state index in [4.69, 9.17) is 21.3 Å². The molecule has 0 spiro atoms. The number of benzene rings is 2. The van der Waals surface area contributed by atoms with Gasteiger partial charge in [-0.25, -0.2) is 18.7 Å².